The first-order valence-electron chi connectivity index (χ1n) is 6.08. The Morgan fingerprint density at radius 1 is 1.53 bits per heavy atom. The Morgan fingerprint density at radius 2 is 2.32 bits per heavy atom. The van der Waals surface area contributed by atoms with E-state index in [1.165, 1.54) is 17.0 Å². The Kier molecular flexibility index (Phi) is 4.76. The summed E-state index contributed by atoms with van der Waals surface area (Å²) in [6.07, 6.45) is 0. The molecule has 3 nitrogen and oxygen atoms in total. The van der Waals surface area contributed by atoms with Crippen molar-refractivity contribution in [2.75, 3.05) is 25.1 Å². The van der Waals surface area contributed by atoms with Gasteiger partial charge in [-0.3, -0.25) is 4.79 Å². The second kappa shape index (κ2) is 6.34. The monoisotopic (exact) mass is 286 g/mol. The molecule has 0 aromatic heterocycles. The number of hydrogen-bond acceptors (Lipinski definition) is 3. The quantitative estimate of drug-likeness (QED) is 0.916. The molecule has 1 saturated heterocycles. The number of carbonyl (C=O) groups is 1. The van der Waals surface area contributed by atoms with Crippen molar-refractivity contribution in [2.24, 2.45) is 0 Å². The van der Waals surface area contributed by atoms with Crippen molar-refractivity contribution in [3.05, 3.63) is 35.4 Å². The van der Waals surface area contributed by atoms with Crippen LogP contribution in [-0.2, 0) is 11.3 Å². The molecular formula is C13H16F2N2OS. The van der Waals surface area contributed by atoms with Gasteiger partial charge in [-0.25, -0.2) is 8.78 Å². The zero-order chi connectivity index (χ0) is 13.8. The van der Waals surface area contributed by atoms with Gasteiger partial charge in [0.05, 0.1) is 6.04 Å². The van der Waals surface area contributed by atoms with E-state index in [-0.39, 0.29) is 18.5 Å². The zero-order valence-electron chi connectivity index (χ0n) is 10.7. The van der Waals surface area contributed by atoms with Crippen LogP contribution in [0.1, 0.15) is 5.56 Å². The summed E-state index contributed by atoms with van der Waals surface area (Å²) in [5.74, 6) is 0.442. The van der Waals surface area contributed by atoms with Gasteiger partial charge in [-0.15, -0.1) is 0 Å². The Balaban J connectivity index is 1.99. The largest absolute Gasteiger partial charge is 0.340 e. The summed E-state index contributed by atoms with van der Waals surface area (Å²) in [5.41, 5.74) is 0.320. The van der Waals surface area contributed by atoms with E-state index in [2.05, 4.69) is 5.32 Å². The van der Waals surface area contributed by atoms with Crippen molar-refractivity contribution in [3.63, 3.8) is 0 Å². The molecule has 1 aliphatic heterocycles. The van der Waals surface area contributed by atoms with E-state index in [4.69, 9.17) is 0 Å². The molecule has 1 atom stereocenters. The predicted octanol–water partition coefficient (Wildman–Crippen LogP) is 1.63. The molecule has 1 fully saturated rings. The molecule has 6 heteroatoms. The van der Waals surface area contributed by atoms with E-state index in [1.54, 1.807) is 18.8 Å². The summed E-state index contributed by atoms with van der Waals surface area (Å²) >= 11 is 1.73. The van der Waals surface area contributed by atoms with Gasteiger partial charge in [0.25, 0.3) is 0 Å². The van der Waals surface area contributed by atoms with Gasteiger partial charge in [-0.2, -0.15) is 11.8 Å². The summed E-state index contributed by atoms with van der Waals surface area (Å²) < 4.78 is 26.3. The lowest BCUT2D eigenvalue weighted by Crippen LogP contribution is -2.49. The zero-order valence-corrected chi connectivity index (χ0v) is 11.5. The summed E-state index contributed by atoms with van der Waals surface area (Å²) in [5, 5.41) is 3.14. The molecular weight excluding hydrogens is 270 g/mol. The number of rotatable bonds is 3. The second-order valence-electron chi connectivity index (χ2n) is 4.51. The lowest BCUT2D eigenvalue weighted by Gasteiger charge is -2.27. The average molecular weight is 286 g/mol. The van der Waals surface area contributed by atoms with Crippen LogP contribution in [0.5, 0.6) is 0 Å². The van der Waals surface area contributed by atoms with Gasteiger partial charge in [0.1, 0.15) is 11.6 Å². The highest BCUT2D eigenvalue weighted by atomic mass is 32.2. The van der Waals surface area contributed by atoms with Crippen LogP contribution in [-0.4, -0.2) is 41.9 Å². The molecule has 1 heterocycles. The van der Waals surface area contributed by atoms with E-state index in [9.17, 15) is 13.6 Å². The maximum Gasteiger partial charge on any atom is 0.240 e. The Bertz CT molecular complexity index is 464. The number of hydrogen-bond donors (Lipinski definition) is 1. The van der Waals surface area contributed by atoms with Crippen molar-refractivity contribution in [1.29, 1.82) is 0 Å². The fraction of sp³-hybridized carbons (Fsp3) is 0.462. The first kappa shape index (κ1) is 14.3. The molecule has 1 aliphatic rings. The number of nitrogens with zero attached hydrogens (tertiary/aromatic N) is 1. The lowest BCUT2D eigenvalue weighted by molar-refractivity contribution is -0.132. The van der Waals surface area contributed by atoms with Crippen molar-refractivity contribution in [3.8, 4) is 0 Å². The molecule has 2 rings (SSSR count). The van der Waals surface area contributed by atoms with Crippen LogP contribution in [0.2, 0.25) is 0 Å². The normalized spacial score (nSPS) is 19.2. The summed E-state index contributed by atoms with van der Waals surface area (Å²) in [7, 11) is 1.63. The van der Waals surface area contributed by atoms with Crippen molar-refractivity contribution in [2.45, 2.75) is 12.6 Å². The van der Waals surface area contributed by atoms with Crippen molar-refractivity contribution >= 4 is 17.7 Å². The fourth-order valence-corrected chi connectivity index (χ4v) is 2.90. The van der Waals surface area contributed by atoms with Crippen LogP contribution in [0.15, 0.2) is 18.2 Å². The minimum Gasteiger partial charge on any atom is -0.340 e. The summed E-state index contributed by atoms with van der Waals surface area (Å²) in [6, 6.07) is 3.19. The van der Waals surface area contributed by atoms with Gasteiger partial charge >= 0.3 is 0 Å². The van der Waals surface area contributed by atoms with Gasteiger partial charge in [0.15, 0.2) is 0 Å². The maximum absolute atomic E-state index is 13.5. The number of carbonyl (C=O) groups excluding carboxylic acids is 1. The first-order chi connectivity index (χ1) is 9.08. The molecule has 0 saturated carbocycles. The van der Waals surface area contributed by atoms with Crippen LogP contribution >= 0.6 is 11.8 Å². The second-order valence-corrected chi connectivity index (χ2v) is 5.66. The van der Waals surface area contributed by atoms with Crippen LogP contribution < -0.4 is 5.32 Å². The Hall–Kier alpha value is -1.14. The molecule has 0 spiro atoms. The number of halogens is 2. The average Bonchev–Trinajstić information content (AvgIpc) is 2.42. The standard InChI is InChI=1S/C13H16F2N2OS/c1-17(13(18)12-8-19-5-4-16-12)7-9-2-3-10(14)6-11(9)15/h2-3,6,12,16H,4-5,7-8H2,1H3. The van der Waals surface area contributed by atoms with Crippen molar-refractivity contribution in [1.82, 2.24) is 10.2 Å². The number of amides is 1. The number of nitrogens with one attached hydrogen (secondary N) is 1. The molecule has 0 aliphatic carbocycles. The fourth-order valence-electron chi connectivity index (χ4n) is 1.97. The molecule has 19 heavy (non-hydrogen) atoms. The van der Waals surface area contributed by atoms with Crippen LogP contribution in [0.4, 0.5) is 8.78 Å². The van der Waals surface area contributed by atoms with E-state index in [0.29, 0.717) is 5.56 Å². The first-order valence-corrected chi connectivity index (χ1v) is 7.23. The molecule has 1 aromatic carbocycles. The third-order valence-electron chi connectivity index (χ3n) is 3.02. The third kappa shape index (κ3) is 3.67. The predicted molar refractivity (Wildman–Crippen MR) is 71.9 cm³/mol. The van der Waals surface area contributed by atoms with Crippen LogP contribution in [0.25, 0.3) is 0 Å². The summed E-state index contributed by atoms with van der Waals surface area (Å²) in [6.45, 7) is 0.952. The topological polar surface area (TPSA) is 32.3 Å². The highest BCUT2D eigenvalue weighted by Crippen LogP contribution is 2.14. The highest BCUT2D eigenvalue weighted by molar-refractivity contribution is 7.99. The molecule has 1 unspecified atom stereocenters. The molecule has 0 bridgehead atoms. The third-order valence-corrected chi connectivity index (χ3v) is 4.08. The number of likely N-dealkylation sites (N-methyl/N-ethyl adjacent to an activating group) is 1. The van der Waals surface area contributed by atoms with E-state index in [1.807, 2.05) is 0 Å². The van der Waals surface area contributed by atoms with Crippen LogP contribution in [0.3, 0.4) is 0 Å². The number of thioether (sulfide) groups is 1. The SMILES string of the molecule is CN(Cc1ccc(F)cc1F)C(=O)C1CSCCN1. The minimum atomic E-state index is -0.620. The molecule has 1 amide bonds. The molecule has 0 radical (unpaired) electrons. The highest BCUT2D eigenvalue weighted by Gasteiger charge is 2.24. The van der Waals surface area contributed by atoms with E-state index >= 15 is 0 Å². The summed E-state index contributed by atoms with van der Waals surface area (Å²) in [4.78, 5) is 13.6. The smallest absolute Gasteiger partial charge is 0.240 e. The van der Waals surface area contributed by atoms with Crippen LogP contribution in [0, 0.1) is 11.6 Å². The Labute approximate surface area is 115 Å². The molecule has 1 aromatic rings. The van der Waals surface area contributed by atoms with Crippen molar-refractivity contribution < 1.29 is 13.6 Å². The van der Waals surface area contributed by atoms with Gasteiger partial charge in [-0.1, -0.05) is 6.07 Å². The van der Waals surface area contributed by atoms with E-state index in [0.717, 1.165) is 24.1 Å². The van der Waals surface area contributed by atoms with E-state index < -0.39 is 11.6 Å². The van der Waals surface area contributed by atoms with Gasteiger partial charge in [0, 0.05) is 43.3 Å². The molecule has 104 valence electrons. The lowest BCUT2D eigenvalue weighted by atomic mass is 10.2. The minimum absolute atomic E-state index is 0.0593. The van der Waals surface area contributed by atoms with Gasteiger partial charge in [0.2, 0.25) is 5.91 Å². The Morgan fingerprint density at radius 3 is 2.95 bits per heavy atom. The maximum atomic E-state index is 13.5. The van der Waals surface area contributed by atoms with Gasteiger partial charge < -0.3 is 10.2 Å². The number of benzene rings is 1. The molecule has 1 N–H and O–H groups in total. The van der Waals surface area contributed by atoms with Gasteiger partial charge in [-0.05, 0) is 6.07 Å².